The van der Waals surface area contributed by atoms with Gasteiger partial charge in [0, 0.05) is 0 Å². The van der Waals surface area contributed by atoms with Gasteiger partial charge < -0.3 is 14.5 Å². The van der Waals surface area contributed by atoms with Gasteiger partial charge in [0.05, 0.1) is 17.8 Å². The molecule has 0 unspecified atom stereocenters. The predicted molar refractivity (Wildman–Crippen MR) is 79.7 cm³/mol. The van der Waals surface area contributed by atoms with Gasteiger partial charge in [-0.3, -0.25) is 4.79 Å². The molecule has 22 heavy (non-hydrogen) atoms. The number of nitrogens with zero attached hydrogens (tertiary/aromatic N) is 1. The van der Waals surface area contributed by atoms with Crippen LogP contribution in [0.1, 0.15) is 23.2 Å². The number of esters is 1. The highest BCUT2D eigenvalue weighted by Gasteiger charge is 2.22. The summed E-state index contributed by atoms with van der Waals surface area (Å²) in [4.78, 5) is 27.6. The third kappa shape index (κ3) is 4.22. The highest BCUT2D eigenvalue weighted by atomic mass is 35.5. The summed E-state index contributed by atoms with van der Waals surface area (Å²) >= 11 is 11.5. The Morgan fingerprint density at radius 2 is 2.14 bits per heavy atom. The molecule has 2 aromatic heterocycles. The highest BCUT2D eigenvalue weighted by Crippen LogP contribution is 2.18. The number of rotatable bonds is 5. The molecule has 116 valence electrons. The van der Waals surface area contributed by atoms with E-state index in [1.165, 1.54) is 25.3 Å². The van der Waals surface area contributed by atoms with Crippen molar-refractivity contribution in [1.82, 2.24) is 10.3 Å². The summed E-state index contributed by atoms with van der Waals surface area (Å²) in [7, 11) is 0. The Labute approximate surface area is 136 Å². The van der Waals surface area contributed by atoms with E-state index in [-0.39, 0.29) is 22.4 Å². The molecule has 0 aliphatic rings. The van der Waals surface area contributed by atoms with Crippen LogP contribution in [-0.4, -0.2) is 23.0 Å². The molecule has 1 atom stereocenters. The van der Waals surface area contributed by atoms with Crippen molar-refractivity contribution in [3.05, 3.63) is 52.2 Å². The molecule has 0 spiro atoms. The molecule has 0 aliphatic heterocycles. The number of nitrogens with one attached hydrogen (secondary N) is 1. The Bertz CT molecular complexity index is 673. The molecule has 1 amide bonds. The standard InChI is InChI=1S/C14H12Cl2N2O4/c1-8(13(19)17-7-9-3-2-6-21-9)22-14(20)12-10(15)4-5-11(16)18-12/h2-6,8H,7H2,1H3,(H,17,19)/t8-/m1/s1. The average Bonchev–Trinajstić information content (AvgIpc) is 3.00. The molecule has 2 rings (SSSR count). The van der Waals surface area contributed by atoms with Crippen molar-refractivity contribution >= 4 is 35.1 Å². The monoisotopic (exact) mass is 342 g/mol. The Kier molecular flexibility index (Phi) is 5.41. The number of aromatic nitrogens is 1. The molecule has 2 aromatic rings. The van der Waals surface area contributed by atoms with Crippen LogP contribution in [0, 0.1) is 0 Å². The molecule has 0 aromatic carbocycles. The molecular weight excluding hydrogens is 331 g/mol. The van der Waals surface area contributed by atoms with E-state index >= 15 is 0 Å². The maximum atomic E-state index is 11.9. The summed E-state index contributed by atoms with van der Waals surface area (Å²) in [6.07, 6.45) is 0.483. The molecular formula is C14H12Cl2N2O4. The lowest BCUT2D eigenvalue weighted by Gasteiger charge is -2.13. The van der Waals surface area contributed by atoms with Gasteiger partial charge in [0.15, 0.2) is 11.8 Å². The van der Waals surface area contributed by atoms with E-state index in [0.717, 1.165) is 0 Å². The minimum atomic E-state index is -1.01. The largest absolute Gasteiger partial charge is 0.467 e. The van der Waals surface area contributed by atoms with E-state index in [2.05, 4.69) is 10.3 Å². The zero-order valence-electron chi connectivity index (χ0n) is 11.5. The number of carbonyl (C=O) groups is 2. The van der Waals surface area contributed by atoms with E-state index in [4.69, 9.17) is 32.4 Å². The summed E-state index contributed by atoms with van der Waals surface area (Å²) in [6, 6.07) is 6.29. The highest BCUT2D eigenvalue weighted by molar-refractivity contribution is 6.34. The Morgan fingerprint density at radius 1 is 1.36 bits per heavy atom. The van der Waals surface area contributed by atoms with Crippen molar-refractivity contribution < 1.29 is 18.7 Å². The van der Waals surface area contributed by atoms with Crippen molar-refractivity contribution in [3.63, 3.8) is 0 Å². The van der Waals surface area contributed by atoms with Gasteiger partial charge in [0.2, 0.25) is 0 Å². The van der Waals surface area contributed by atoms with Crippen molar-refractivity contribution in [1.29, 1.82) is 0 Å². The molecule has 0 saturated carbocycles. The molecule has 0 aliphatic carbocycles. The van der Waals surface area contributed by atoms with Gasteiger partial charge in [-0.15, -0.1) is 0 Å². The summed E-state index contributed by atoms with van der Waals surface area (Å²) in [5, 5.41) is 2.78. The van der Waals surface area contributed by atoms with E-state index in [1.807, 2.05) is 0 Å². The lowest BCUT2D eigenvalue weighted by molar-refractivity contribution is -0.129. The molecule has 1 N–H and O–H groups in total. The van der Waals surface area contributed by atoms with Crippen LogP contribution < -0.4 is 5.32 Å². The van der Waals surface area contributed by atoms with Gasteiger partial charge in [0.1, 0.15) is 10.9 Å². The smallest absolute Gasteiger partial charge is 0.359 e. The number of amides is 1. The molecule has 0 saturated heterocycles. The van der Waals surface area contributed by atoms with Gasteiger partial charge in [-0.05, 0) is 31.2 Å². The van der Waals surface area contributed by atoms with Gasteiger partial charge in [-0.25, -0.2) is 9.78 Å². The van der Waals surface area contributed by atoms with Crippen LogP contribution in [0.4, 0.5) is 0 Å². The van der Waals surface area contributed by atoms with Crippen molar-refractivity contribution in [2.75, 3.05) is 0 Å². The molecule has 2 heterocycles. The van der Waals surface area contributed by atoms with Crippen LogP contribution in [0.5, 0.6) is 0 Å². The zero-order chi connectivity index (χ0) is 16.1. The number of halogens is 2. The fourth-order valence-electron chi connectivity index (χ4n) is 1.56. The topological polar surface area (TPSA) is 81.4 Å². The average molecular weight is 343 g/mol. The maximum absolute atomic E-state index is 11.9. The first-order chi connectivity index (χ1) is 10.5. The lowest BCUT2D eigenvalue weighted by atomic mass is 10.3. The van der Waals surface area contributed by atoms with E-state index in [9.17, 15) is 9.59 Å². The quantitative estimate of drug-likeness (QED) is 0.667. The summed E-state index contributed by atoms with van der Waals surface area (Å²) in [6.45, 7) is 1.64. The van der Waals surface area contributed by atoms with Crippen molar-refractivity contribution in [2.24, 2.45) is 0 Å². The van der Waals surface area contributed by atoms with Crippen LogP contribution in [0.2, 0.25) is 10.2 Å². The Hall–Kier alpha value is -2.05. The molecule has 0 fully saturated rings. The van der Waals surface area contributed by atoms with Crippen LogP contribution in [-0.2, 0) is 16.1 Å². The Balaban J connectivity index is 1.92. The summed E-state index contributed by atoms with van der Waals surface area (Å²) in [5.74, 6) is -0.706. The molecule has 0 bridgehead atoms. The molecule has 6 nitrogen and oxygen atoms in total. The maximum Gasteiger partial charge on any atom is 0.359 e. The second-order valence-corrected chi connectivity index (χ2v) is 5.10. The van der Waals surface area contributed by atoms with E-state index < -0.39 is 18.0 Å². The SMILES string of the molecule is C[C@@H](OC(=O)c1nc(Cl)ccc1Cl)C(=O)NCc1ccco1. The molecule has 0 radical (unpaired) electrons. The van der Waals surface area contributed by atoms with E-state index in [1.54, 1.807) is 12.1 Å². The first-order valence-electron chi connectivity index (χ1n) is 6.30. The first kappa shape index (κ1) is 16.3. The number of pyridine rings is 1. The second-order valence-electron chi connectivity index (χ2n) is 4.31. The van der Waals surface area contributed by atoms with Crippen LogP contribution >= 0.6 is 23.2 Å². The lowest BCUT2D eigenvalue weighted by Crippen LogP contribution is -2.35. The normalized spacial score (nSPS) is 11.8. The zero-order valence-corrected chi connectivity index (χ0v) is 13.0. The Morgan fingerprint density at radius 3 is 2.82 bits per heavy atom. The van der Waals surface area contributed by atoms with Crippen LogP contribution in [0.15, 0.2) is 34.9 Å². The van der Waals surface area contributed by atoms with Crippen molar-refractivity contribution in [2.45, 2.75) is 19.6 Å². The number of hydrogen-bond acceptors (Lipinski definition) is 5. The third-order valence-electron chi connectivity index (χ3n) is 2.68. The number of furan rings is 1. The van der Waals surface area contributed by atoms with Gasteiger partial charge in [0.25, 0.3) is 5.91 Å². The second kappa shape index (κ2) is 7.29. The predicted octanol–water partition coefficient (Wildman–Crippen LogP) is 2.84. The summed E-state index contributed by atoms with van der Waals surface area (Å²) in [5.41, 5.74) is -0.139. The molecule has 8 heteroatoms. The first-order valence-corrected chi connectivity index (χ1v) is 7.06. The third-order valence-corrected chi connectivity index (χ3v) is 3.19. The number of carbonyl (C=O) groups excluding carboxylic acids is 2. The number of ether oxygens (including phenoxy) is 1. The minimum Gasteiger partial charge on any atom is -0.467 e. The van der Waals surface area contributed by atoms with Crippen LogP contribution in [0.3, 0.4) is 0 Å². The van der Waals surface area contributed by atoms with Gasteiger partial charge in [-0.1, -0.05) is 23.2 Å². The fourth-order valence-corrected chi connectivity index (χ4v) is 1.89. The van der Waals surface area contributed by atoms with E-state index in [0.29, 0.717) is 5.76 Å². The number of hydrogen-bond donors (Lipinski definition) is 1. The minimum absolute atomic E-state index is 0.0950. The van der Waals surface area contributed by atoms with Gasteiger partial charge >= 0.3 is 5.97 Å². The summed E-state index contributed by atoms with van der Waals surface area (Å²) < 4.78 is 10.1. The van der Waals surface area contributed by atoms with Crippen molar-refractivity contribution in [3.8, 4) is 0 Å². The van der Waals surface area contributed by atoms with Crippen LogP contribution in [0.25, 0.3) is 0 Å². The fraction of sp³-hybridized carbons (Fsp3) is 0.214. The van der Waals surface area contributed by atoms with Gasteiger partial charge in [-0.2, -0.15) is 0 Å².